The van der Waals surface area contributed by atoms with Crippen molar-refractivity contribution in [3.8, 4) is 0 Å². The highest BCUT2D eigenvalue weighted by Crippen LogP contribution is 2.14. The monoisotopic (exact) mass is 211 g/mol. The molecule has 1 aromatic rings. The highest BCUT2D eigenvalue weighted by molar-refractivity contribution is 7.08. The first-order valence-corrected chi connectivity index (χ1v) is 4.95. The minimum Gasteiger partial charge on any atom is -0.370 e. The van der Waals surface area contributed by atoms with Crippen LogP contribution in [-0.2, 0) is 6.54 Å². The van der Waals surface area contributed by atoms with Gasteiger partial charge in [0, 0.05) is 0 Å². The largest absolute Gasteiger partial charge is 0.370 e. The third-order valence-electron chi connectivity index (χ3n) is 1.62. The first-order valence-electron chi connectivity index (χ1n) is 4.01. The van der Waals surface area contributed by atoms with Crippen LogP contribution in [0.2, 0.25) is 0 Å². The Hall–Kier alpha value is -1.56. The lowest BCUT2D eigenvalue weighted by molar-refractivity contribution is 1.05. The zero-order valence-electron chi connectivity index (χ0n) is 7.90. The summed E-state index contributed by atoms with van der Waals surface area (Å²) in [6.07, 6.45) is 0. The van der Waals surface area contributed by atoms with Gasteiger partial charge in [-0.3, -0.25) is 0 Å². The summed E-state index contributed by atoms with van der Waals surface area (Å²) in [6, 6.07) is 0. The summed E-state index contributed by atoms with van der Waals surface area (Å²) in [5.74, 6) is 0.0314. The van der Waals surface area contributed by atoms with Crippen molar-refractivity contribution < 1.29 is 0 Å². The molecular weight excluding hydrogens is 198 g/mol. The van der Waals surface area contributed by atoms with Crippen molar-refractivity contribution in [1.29, 1.82) is 0 Å². The number of nitrogens with two attached hydrogens (primary N) is 3. The van der Waals surface area contributed by atoms with Gasteiger partial charge in [-0.05, 0) is 28.8 Å². The molecule has 0 radical (unpaired) electrons. The standard InChI is InChI=1S/C8H13N5S/c1-5-3-14-4-6(5)2-12-8(11)13-7(9)10/h3-4H,2H2,1H3,(H6,9,10,11,12,13). The molecule has 1 aromatic heterocycles. The van der Waals surface area contributed by atoms with Crippen molar-refractivity contribution >= 4 is 23.3 Å². The fraction of sp³-hybridized carbons (Fsp3) is 0.250. The predicted molar refractivity (Wildman–Crippen MR) is 60.2 cm³/mol. The van der Waals surface area contributed by atoms with Gasteiger partial charge in [-0.1, -0.05) is 0 Å². The SMILES string of the molecule is Cc1cscc1CN=C(N)N=C(N)N. The van der Waals surface area contributed by atoms with Gasteiger partial charge in [0.05, 0.1) is 6.54 Å². The lowest BCUT2D eigenvalue weighted by atomic mass is 10.2. The first kappa shape index (κ1) is 10.5. The summed E-state index contributed by atoms with van der Waals surface area (Å²) in [6.45, 7) is 2.54. The fourth-order valence-corrected chi connectivity index (χ4v) is 1.73. The Morgan fingerprint density at radius 1 is 1.36 bits per heavy atom. The third-order valence-corrected chi connectivity index (χ3v) is 2.53. The Kier molecular flexibility index (Phi) is 3.47. The van der Waals surface area contributed by atoms with Gasteiger partial charge in [0.2, 0.25) is 5.96 Å². The third kappa shape index (κ3) is 3.06. The summed E-state index contributed by atoms with van der Waals surface area (Å²) >= 11 is 1.64. The molecule has 0 bridgehead atoms. The van der Waals surface area contributed by atoms with Crippen LogP contribution in [0, 0.1) is 6.92 Å². The fourth-order valence-electron chi connectivity index (χ4n) is 0.883. The number of aliphatic imine (C=N–C) groups is 2. The molecule has 0 aromatic carbocycles. The maximum absolute atomic E-state index is 5.45. The van der Waals surface area contributed by atoms with E-state index in [2.05, 4.69) is 15.4 Å². The average molecular weight is 211 g/mol. The molecule has 6 heteroatoms. The molecule has 0 aliphatic rings. The van der Waals surface area contributed by atoms with Crippen LogP contribution in [0.3, 0.4) is 0 Å². The minimum absolute atomic E-state index is 0.0757. The highest BCUT2D eigenvalue weighted by atomic mass is 32.1. The lowest BCUT2D eigenvalue weighted by Crippen LogP contribution is -2.26. The van der Waals surface area contributed by atoms with Gasteiger partial charge < -0.3 is 17.2 Å². The van der Waals surface area contributed by atoms with Crippen molar-refractivity contribution in [3.63, 3.8) is 0 Å². The number of hydrogen-bond donors (Lipinski definition) is 3. The van der Waals surface area contributed by atoms with Crippen molar-refractivity contribution in [2.75, 3.05) is 0 Å². The number of nitrogens with zero attached hydrogens (tertiary/aromatic N) is 2. The van der Waals surface area contributed by atoms with Crippen LogP contribution in [0.25, 0.3) is 0 Å². The molecule has 1 heterocycles. The Balaban J connectivity index is 2.64. The van der Waals surface area contributed by atoms with Gasteiger partial charge in [0.15, 0.2) is 5.96 Å². The van der Waals surface area contributed by atoms with E-state index in [1.165, 1.54) is 5.56 Å². The second kappa shape index (κ2) is 4.61. The molecule has 6 N–H and O–H groups in total. The van der Waals surface area contributed by atoms with E-state index < -0.39 is 0 Å². The lowest BCUT2D eigenvalue weighted by Gasteiger charge is -1.95. The summed E-state index contributed by atoms with van der Waals surface area (Å²) in [7, 11) is 0. The van der Waals surface area contributed by atoms with Gasteiger partial charge in [-0.2, -0.15) is 16.3 Å². The summed E-state index contributed by atoms with van der Waals surface area (Å²) in [4.78, 5) is 7.63. The number of hydrogen-bond acceptors (Lipinski definition) is 2. The van der Waals surface area contributed by atoms with Crippen molar-refractivity contribution in [3.05, 3.63) is 21.9 Å². The molecule has 0 spiro atoms. The van der Waals surface area contributed by atoms with Crippen molar-refractivity contribution in [2.45, 2.75) is 13.5 Å². The number of guanidine groups is 2. The highest BCUT2D eigenvalue weighted by Gasteiger charge is 1.97. The van der Waals surface area contributed by atoms with E-state index >= 15 is 0 Å². The topological polar surface area (TPSA) is 103 Å². The second-order valence-corrected chi connectivity index (χ2v) is 3.53. The summed E-state index contributed by atoms with van der Waals surface area (Å²) < 4.78 is 0. The number of aryl methyl sites for hydroxylation is 1. The molecule has 0 atom stereocenters. The number of rotatable bonds is 2. The Morgan fingerprint density at radius 2 is 2.07 bits per heavy atom. The predicted octanol–water partition coefficient (Wildman–Crippen LogP) is 0.145. The smallest absolute Gasteiger partial charge is 0.218 e. The van der Waals surface area contributed by atoms with Crippen LogP contribution in [0.1, 0.15) is 11.1 Å². The molecule has 0 aliphatic heterocycles. The maximum Gasteiger partial charge on any atom is 0.218 e. The van der Waals surface area contributed by atoms with E-state index in [1.807, 2.05) is 12.3 Å². The van der Waals surface area contributed by atoms with Crippen LogP contribution in [0.15, 0.2) is 20.7 Å². The molecule has 0 amide bonds. The minimum atomic E-state index is -0.0757. The van der Waals surface area contributed by atoms with Crippen LogP contribution in [0.4, 0.5) is 0 Å². The Morgan fingerprint density at radius 3 is 2.57 bits per heavy atom. The molecule has 0 saturated carbocycles. The quantitative estimate of drug-likeness (QED) is 0.479. The molecular formula is C8H13N5S. The molecule has 1 rings (SSSR count). The molecule has 76 valence electrons. The van der Waals surface area contributed by atoms with E-state index in [4.69, 9.17) is 17.2 Å². The van der Waals surface area contributed by atoms with Crippen molar-refractivity contribution in [1.82, 2.24) is 0 Å². The number of thiophene rings is 1. The van der Waals surface area contributed by atoms with E-state index in [-0.39, 0.29) is 11.9 Å². The molecule has 0 unspecified atom stereocenters. The maximum atomic E-state index is 5.45. The normalized spacial score (nSPS) is 11.4. The summed E-state index contributed by atoms with van der Waals surface area (Å²) in [5, 5.41) is 4.09. The molecule has 0 aliphatic carbocycles. The molecule has 14 heavy (non-hydrogen) atoms. The Bertz CT molecular complexity index is 362. The van der Waals surface area contributed by atoms with Gasteiger partial charge >= 0.3 is 0 Å². The summed E-state index contributed by atoms with van der Waals surface area (Å²) in [5.41, 5.74) is 18.1. The van der Waals surface area contributed by atoms with Crippen LogP contribution in [-0.4, -0.2) is 11.9 Å². The van der Waals surface area contributed by atoms with Crippen LogP contribution >= 0.6 is 11.3 Å². The van der Waals surface area contributed by atoms with Gasteiger partial charge in [0.1, 0.15) is 0 Å². The van der Waals surface area contributed by atoms with E-state index in [0.29, 0.717) is 6.54 Å². The molecule has 5 nitrogen and oxygen atoms in total. The van der Waals surface area contributed by atoms with Gasteiger partial charge in [-0.15, -0.1) is 0 Å². The Labute approximate surface area is 86.3 Å². The van der Waals surface area contributed by atoms with Gasteiger partial charge in [-0.25, -0.2) is 4.99 Å². The zero-order valence-corrected chi connectivity index (χ0v) is 8.71. The van der Waals surface area contributed by atoms with Crippen LogP contribution < -0.4 is 17.2 Å². The first-order chi connectivity index (χ1) is 6.59. The van der Waals surface area contributed by atoms with E-state index in [9.17, 15) is 0 Å². The van der Waals surface area contributed by atoms with Crippen LogP contribution in [0.5, 0.6) is 0 Å². The van der Waals surface area contributed by atoms with E-state index in [1.54, 1.807) is 11.3 Å². The molecule has 0 fully saturated rings. The zero-order chi connectivity index (χ0) is 10.6. The molecule has 0 saturated heterocycles. The average Bonchev–Trinajstić information content (AvgIpc) is 2.46. The van der Waals surface area contributed by atoms with E-state index in [0.717, 1.165) is 5.56 Å². The van der Waals surface area contributed by atoms with Crippen molar-refractivity contribution in [2.24, 2.45) is 27.2 Å². The second-order valence-electron chi connectivity index (χ2n) is 2.79. The van der Waals surface area contributed by atoms with Gasteiger partial charge in [0.25, 0.3) is 0 Å².